The van der Waals surface area contributed by atoms with Gasteiger partial charge in [-0.3, -0.25) is 14.5 Å². The van der Waals surface area contributed by atoms with Crippen molar-refractivity contribution >= 4 is 17.9 Å². The molecule has 0 unspecified atom stereocenters. The summed E-state index contributed by atoms with van der Waals surface area (Å²) in [6.45, 7) is 5.01. The molecule has 0 aliphatic carbocycles. The van der Waals surface area contributed by atoms with Gasteiger partial charge in [-0.2, -0.15) is 0 Å². The first-order valence-electron chi connectivity index (χ1n) is 6.70. The molecule has 0 bridgehead atoms. The molecule has 0 saturated carbocycles. The van der Waals surface area contributed by atoms with Crippen molar-refractivity contribution in [2.75, 3.05) is 45.8 Å². The predicted octanol–water partition coefficient (Wildman–Crippen LogP) is -0.994. The van der Waals surface area contributed by atoms with Crippen LogP contribution in [-0.2, 0) is 9.59 Å². The third-order valence-corrected chi connectivity index (χ3v) is 3.28. The molecule has 20 heavy (non-hydrogen) atoms. The lowest BCUT2D eigenvalue weighted by Gasteiger charge is -2.36. The van der Waals surface area contributed by atoms with Crippen molar-refractivity contribution in [2.24, 2.45) is 5.73 Å². The van der Waals surface area contributed by atoms with Gasteiger partial charge in [0.15, 0.2) is 0 Å². The minimum atomic E-state index is -0.817. The van der Waals surface area contributed by atoms with Crippen LogP contribution in [0.25, 0.3) is 0 Å². The van der Waals surface area contributed by atoms with Crippen LogP contribution in [0.1, 0.15) is 13.3 Å². The number of nitrogens with zero attached hydrogens (tertiary/aromatic N) is 3. The van der Waals surface area contributed by atoms with Crippen LogP contribution >= 0.6 is 0 Å². The fourth-order valence-corrected chi connectivity index (χ4v) is 2.12. The average molecular weight is 286 g/mol. The monoisotopic (exact) mass is 286 g/mol. The summed E-state index contributed by atoms with van der Waals surface area (Å²) >= 11 is 0. The summed E-state index contributed by atoms with van der Waals surface area (Å²) in [5.41, 5.74) is 5.11. The maximum atomic E-state index is 12.2. The summed E-state index contributed by atoms with van der Waals surface area (Å²) in [5, 5.41) is 8.63. The number of amides is 3. The number of carboxylic acid groups (broad SMARTS) is 1. The summed E-state index contributed by atoms with van der Waals surface area (Å²) < 4.78 is 0. The SMILES string of the molecule is CCN(CC(N)=O)C(=O)N1CCN(CCC(=O)O)CC1. The number of nitrogens with two attached hydrogens (primary N) is 1. The van der Waals surface area contributed by atoms with E-state index in [-0.39, 0.29) is 19.0 Å². The number of hydrogen-bond donors (Lipinski definition) is 2. The molecule has 0 spiro atoms. The molecule has 1 rings (SSSR count). The van der Waals surface area contributed by atoms with Gasteiger partial charge in [0.05, 0.1) is 6.42 Å². The van der Waals surface area contributed by atoms with E-state index in [2.05, 4.69) is 0 Å². The highest BCUT2D eigenvalue weighted by Gasteiger charge is 2.25. The molecule has 1 aliphatic rings. The van der Waals surface area contributed by atoms with Gasteiger partial charge in [-0.15, -0.1) is 0 Å². The van der Waals surface area contributed by atoms with E-state index in [1.54, 1.807) is 11.8 Å². The van der Waals surface area contributed by atoms with E-state index in [1.807, 2.05) is 4.90 Å². The van der Waals surface area contributed by atoms with Gasteiger partial charge in [0, 0.05) is 39.3 Å². The van der Waals surface area contributed by atoms with Crippen LogP contribution in [-0.4, -0.2) is 83.5 Å². The number of urea groups is 1. The van der Waals surface area contributed by atoms with Crippen LogP contribution in [0.2, 0.25) is 0 Å². The Kier molecular flexibility index (Phi) is 6.23. The van der Waals surface area contributed by atoms with E-state index < -0.39 is 11.9 Å². The maximum Gasteiger partial charge on any atom is 0.320 e. The number of piperazine rings is 1. The number of aliphatic carboxylic acids is 1. The zero-order chi connectivity index (χ0) is 15.1. The summed E-state index contributed by atoms with van der Waals surface area (Å²) in [5.74, 6) is -1.34. The number of primary amides is 1. The first kappa shape index (κ1) is 16.2. The Hall–Kier alpha value is -1.83. The first-order valence-corrected chi connectivity index (χ1v) is 6.70. The van der Waals surface area contributed by atoms with Gasteiger partial charge in [0.2, 0.25) is 5.91 Å². The highest BCUT2D eigenvalue weighted by molar-refractivity contribution is 5.83. The van der Waals surface area contributed by atoms with Gasteiger partial charge in [-0.1, -0.05) is 0 Å². The lowest BCUT2D eigenvalue weighted by molar-refractivity contribution is -0.137. The highest BCUT2D eigenvalue weighted by atomic mass is 16.4. The van der Waals surface area contributed by atoms with E-state index in [1.165, 1.54) is 4.90 Å². The largest absolute Gasteiger partial charge is 0.481 e. The highest BCUT2D eigenvalue weighted by Crippen LogP contribution is 2.06. The molecular weight excluding hydrogens is 264 g/mol. The zero-order valence-corrected chi connectivity index (χ0v) is 11.7. The molecule has 0 atom stereocenters. The molecular formula is C12H22N4O4. The molecule has 1 fully saturated rings. The average Bonchev–Trinajstić information content (AvgIpc) is 2.42. The van der Waals surface area contributed by atoms with Crippen LogP contribution in [0.4, 0.5) is 4.79 Å². The molecule has 0 aromatic carbocycles. The zero-order valence-electron chi connectivity index (χ0n) is 11.7. The Morgan fingerprint density at radius 2 is 1.80 bits per heavy atom. The van der Waals surface area contributed by atoms with Gasteiger partial charge >= 0.3 is 12.0 Å². The predicted molar refractivity (Wildman–Crippen MR) is 72.1 cm³/mol. The van der Waals surface area contributed by atoms with Gasteiger partial charge in [0.25, 0.3) is 0 Å². The third kappa shape index (κ3) is 5.04. The Bertz CT molecular complexity index is 366. The van der Waals surface area contributed by atoms with Crippen molar-refractivity contribution in [1.29, 1.82) is 0 Å². The smallest absolute Gasteiger partial charge is 0.320 e. The molecule has 1 heterocycles. The summed E-state index contributed by atoms with van der Waals surface area (Å²) in [7, 11) is 0. The molecule has 114 valence electrons. The minimum Gasteiger partial charge on any atom is -0.481 e. The second kappa shape index (κ2) is 7.68. The molecule has 3 N–H and O–H groups in total. The van der Waals surface area contributed by atoms with E-state index in [0.717, 1.165) is 0 Å². The maximum absolute atomic E-state index is 12.2. The Morgan fingerprint density at radius 1 is 1.20 bits per heavy atom. The van der Waals surface area contributed by atoms with Crippen molar-refractivity contribution in [3.05, 3.63) is 0 Å². The standard InChI is InChI=1S/C12H22N4O4/c1-2-15(9-10(13)17)12(20)16-7-5-14(6-8-16)4-3-11(18)19/h2-9H2,1H3,(H2,13,17)(H,18,19). The fraction of sp³-hybridized carbons (Fsp3) is 0.750. The normalized spacial score (nSPS) is 15.9. The number of hydrogen-bond acceptors (Lipinski definition) is 4. The molecule has 0 radical (unpaired) electrons. The van der Waals surface area contributed by atoms with Crippen LogP contribution in [0.5, 0.6) is 0 Å². The van der Waals surface area contributed by atoms with Gasteiger partial charge in [-0.05, 0) is 6.92 Å². The minimum absolute atomic E-state index is 0.0748. The van der Waals surface area contributed by atoms with Crippen LogP contribution in [0.15, 0.2) is 0 Å². The summed E-state index contributed by atoms with van der Waals surface area (Å²) in [6.07, 6.45) is 0.108. The second-order valence-electron chi connectivity index (χ2n) is 4.74. The van der Waals surface area contributed by atoms with Gasteiger partial charge in [0.1, 0.15) is 6.54 Å². The topological polar surface area (TPSA) is 107 Å². The van der Waals surface area contributed by atoms with Crippen LogP contribution in [0, 0.1) is 0 Å². The number of carboxylic acids is 1. The van der Waals surface area contributed by atoms with Crippen molar-refractivity contribution < 1.29 is 19.5 Å². The Balaban J connectivity index is 2.41. The summed E-state index contributed by atoms with van der Waals surface area (Å²) in [6, 6.07) is -0.191. The van der Waals surface area contributed by atoms with Crippen molar-refractivity contribution in [2.45, 2.75) is 13.3 Å². The molecule has 0 aromatic heterocycles. The molecule has 1 aliphatic heterocycles. The van der Waals surface area contributed by atoms with Crippen LogP contribution < -0.4 is 5.73 Å². The Morgan fingerprint density at radius 3 is 2.25 bits per heavy atom. The van der Waals surface area contributed by atoms with E-state index in [9.17, 15) is 14.4 Å². The fourth-order valence-electron chi connectivity index (χ4n) is 2.12. The first-order chi connectivity index (χ1) is 9.43. The molecule has 3 amide bonds. The van der Waals surface area contributed by atoms with E-state index >= 15 is 0 Å². The van der Waals surface area contributed by atoms with Crippen LogP contribution in [0.3, 0.4) is 0 Å². The molecule has 0 aromatic rings. The van der Waals surface area contributed by atoms with Gasteiger partial charge in [-0.25, -0.2) is 4.79 Å². The van der Waals surface area contributed by atoms with Crippen molar-refractivity contribution in [3.63, 3.8) is 0 Å². The summed E-state index contributed by atoms with van der Waals surface area (Å²) in [4.78, 5) is 38.7. The lowest BCUT2D eigenvalue weighted by Crippen LogP contribution is -2.54. The Labute approximate surface area is 118 Å². The second-order valence-corrected chi connectivity index (χ2v) is 4.74. The number of rotatable bonds is 6. The molecule has 8 heteroatoms. The number of carbonyl (C=O) groups excluding carboxylic acids is 2. The van der Waals surface area contributed by atoms with Crippen molar-refractivity contribution in [3.8, 4) is 0 Å². The quantitative estimate of drug-likeness (QED) is 0.651. The molecule has 8 nitrogen and oxygen atoms in total. The molecule has 1 saturated heterocycles. The lowest BCUT2D eigenvalue weighted by atomic mass is 10.3. The van der Waals surface area contributed by atoms with E-state index in [4.69, 9.17) is 10.8 Å². The number of carbonyl (C=O) groups is 3. The third-order valence-electron chi connectivity index (χ3n) is 3.28. The van der Waals surface area contributed by atoms with Crippen molar-refractivity contribution in [1.82, 2.24) is 14.7 Å². The van der Waals surface area contributed by atoms with Gasteiger partial charge < -0.3 is 20.6 Å². The number of likely N-dealkylation sites (N-methyl/N-ethyl adjacent to an activating group) is 1. The van der Waals surface area contributed by atoms with E-state index in [0.29, 0.717) is 39.3 Å².